The lowest BCUT2D eigenvalue weighted by atomic mass is 10.1. The zero-order valence-corrected chi connectivity index (χ0v) is 13.7. The Labute approximate surface area is 141 Å². The molecule has 0 aliphatic rings. The van der Waals surface area contributed by atoms with Crippen molar-refractivity contribution in [2.75, 3.05) is 14.2 Å². The van der Waals surface area contributed by atoms with Gasteiger partial charge < -0.3 is 14.6 Å². The molecule has 0 spiro atoms. The highest BCUT2D eigenvalue weighted by Crippen LogP contribution is 2.18. The van der Waals surface area contributed by atoms with Gasteiger partial charge in [-0.2, -0.15) is 0 Å². The standard InChI is InChI=1S/C20H20O4/c1-23-19-5-3-4-15(11-19)6-8-18(22)9-7-16-10-17(14-21)13-20(12-16)24-2/h3-13,21H,14H2,1-2H3/b8-6+,9-7+. The second-order valence-corrected chi connectivity index (χ2v) is 5.12. The van der Waals surface area contributed by atoms with Crippen molar-refractivity contribution in [3.05, 3.63) is 71.3 Å². The number of ether oxygens (including phenoxy) is 2. The van der Waals surface area contributed by atoms with E-state index >= 15 is 0 Å². The third-order valence-corrected chi connectivity index (χ3v) is 3.38. The van der Waals surface area contributed by atoms with Crippen molar-refractivity contribution in [3.63, 3.8) is 0 Å². The van der Waals surface area contributed by atoms with E-state index in [1.807, 2.05) is 24.3 Å². The SMILES string of the molecule is COc1cccc(/C=C/C(=O)/C=C/c2cc(CO)cc(OC)c2)c1. The molecular weight excluding hydrogens is 304 g/mol. The van der Waals surface area contributed by atoms with E-state index < -0.39 is 0 Å². The van der Waals surface area contributed by atoms with Gasteiger partial charge in [-0.1, -0.05) is 24.3 Å². The fourth-order valence-corrected chi connectivity index (χ4v) is 2.15. The Bertz CT molecular complexity index is 738. The predicted octanol–water partition coefficient (Wildman–Crippen LogP) is 3.49. The molecule has 0 unspecified atom stereocenters. The van der Waals surface area contributed by atoms with Crippen LogP contribution in [0.4, 0.5) is 0 Å². The highest BCUT2D eigenvalue weighted by Gasteiger charge is 1.99. The fourth-order valence-electron chi connectivity index (χ4n) is 2.15. The third-order valence-electron chi connectivity index (χ3n) is 3.38. The number of allylic oxidation sites excluding steroid dienone is 2. The molecule has 24 heavy (non-hydrogen) atoms. The number of benzene rings is 2. The topological polar surface area (TPSA) is 55.8 Å². The van der Waals surface area contributed by atoms with Gasteiger partial charge in [0.2, 0.25) is 0 Å². The molecule has 0 heterocycles. The molecule has 0 aliphatic carbocycles. The number of hydrogen-bond acceptors (Lipinski definition) is 4. The summed E-state index contributed by atoms with van der Waals surface area (Å²) in [5.74, 6) is 1.25. The van der Waals surface area contributed by atoms with Crippen molar-refractivity contribution in [2.45, 2.75) is 6.61 Å². The Balaban J connectivity index is 2.08. The van der Waals surface area contributed by atoms with Crippen LogP contribution in [0, 0.1) is 0 Å². The van der Waals surface area contributed by atoms with Gasteiger partial charge in [-0.15, -0.1) is 0 Å². The molecule has 2 aromatic carbocycles. The van der Waals surface area contributed by atoms with Gasteiger partial charge >= 0.3 is 0 Å². The molecule has 0 amide bonds. The molecule has 2 rings (SSSR count). The molecule has 0 aliphatic heterocycles. The summed E-state index contributed by atoms with van der Waals surface area (Å²) >= 11 is 0. The van der Waals surface area contributed by atoms with Crippen molar-refractivity contribution in [1.82, 2.24) is 0 Å². The van der Waals surface area contributed by atoms with Gasteiger partial charge in [0.15, 0.2) is 5.78 Å². The lowest BCUT2D eigenvalue weighted by Gasteiger charge is -2.04. The lowest BCUT2D eigenvalue weighted by molar-refractivity contribution is -0.110. The molecule has 2 aromatic rings. The van der Waals surface area contributed by atoms with E-state index in [-0.39, 0.29) is 12.4 Å². The Morgan fingerprint density at radius 3 is 2.29 bits per heavy atom. The van der Waals surface area contributed by atoms with Crippen LogP contribution in [0.3, 0.4) is 0 Å². The first-order valence-electron chi connectivity index (χ1n) is 7.47. The van der Waals surface area contributed by atoms with Gasteiger partial charge in [0.05, 0.1) is 20.8 Å². The minimum absolute atomic E-state index is 0.0816. The van der Waals surface area contributed by atoms with Crippen LogP contribution in [0.5, 0.6) is 11.5 Å². The average molecular weight is 324 g/mol. The van der Waals surface area contributed by atoms with Gasteiger partial charge in [0.1, 0.15) is 11.5 Å². The van der Waals surface area contributed by atoms with Crippen LogP contribution in [-0.4, -0.2) is 25.1 Å². The maximum Gasteiger partial charge on any atom is 0.178 e. The van der Waals surface area contributed by atoms with E-state index in [9.17, 15) is 9.90 Å². The molecule has 124 valence electrons. The van der Waals surface area contributed by atoms with Crippen LogP contribution in [0.15, 0.2) is 54.6 Å². The molecule has 0 saturated carbocycles. The summed E-state index contributed by atoms with van der Waals surface area (Å²) in [6.45, 7) is -0.0816. The van der Waals surface area contributed by atoms with E-state index in [1.165, 1.54) is 12.2 Å². The van der Waals surface area contributed by atoms with Crippen molar-refractivity contribution in [3.8, 4) is 11.5 Å². The van der Waals surface area contributed by atoms with Crippen LogP contribution in [0.1, 0.15) is 16.7 Å². The van der Waals surface area contributed by atoms with Crippen LogP contribution in [-0.2, 0) is 11.4 Å². The predicted molar refractivity (Wildman–Crippen MR) is 95.0 cm³/mol. The average Bonchev–Trinajstić information content (AvgIpc) is 2.64. The van der Waals surface area contributed by atoms with E-state index in [2.05, 4.69) is 0 Å². The highest BCUT2D eigenvalue weighted by molar-refractivity contribution is 6.04. The summed E-state index contributed by atoms with van der Waals surface area (Å²) in [4.78, 5) is 12.0. The van der Waals surface area contributed by atoms with E-state index in [0.29, 0.717) is 5.75 Å². The molecule has 1 N–H and O–H groups in total. The normalized spacial score (nSPS) is 11.1. The van der Waals surface area contributed by atoms with Gasteiger partial charge in [0.25, 0.3) is 0 Å². The first kappa shape index (κ1) is 17.5. The molecule has 4 heteroatoms. The Kier molecular flexibility index (Phi) is 6.34. The summed E-state index contributed by atoms with van der Waals surface area (Å²) in [7, 11) is 3.16. The Hall–Kier alpha value is -2.85. The maximum absolute atomic E-state index is 12.0. The number of aliphatic hydroxyl groups excluding tert-OH is 1. The quantitative estimate of drug-likeness (QED) is 0.792. The smallest absolute Gasteiger partial charge is 0.178 e. The number of ketones is 1. The van der Waals surface area contributed by atoms with Crippen LogP contribution < -0.4 is 9.47 Å². The number of rotatable bonds is 7. The highest BCUT2D eigenvalue weighted by atomic mass is 16.5. The molecule has 0 bridgehead atoms. The van der Waals surface area contributed by atoms with Crippen LogP contribution >= 0.6 is 0 Å². The Morgan fingerprint density at radius 2 is 1.62 bits per heavy atom. The minimum atomic E-state index is -0.133. The number of aliphatic hydroxyl groups is 1. The van der Waals surface area contributed by atoms with Gasteiger partial charge in [0, 0.05) is 0 Å². The third kappa shape index (κ3) is 5.11. The summed E-state index contributed by atoms with van der Waals surface area (Å²) in [5.41, 5.74) is 2.41. The van der Waals surface area contributed by atoms with Crippen molar-refractivity contribution in [2.24, 2.45) is 0 Å². The van der Waals surface area contributed by atoms with Gasteiger partial charge in [-0.25, -0.2) is 0 Å². The number of methoxy groups -OCH3 is 2. The summed E-state index contributed by atoms with van der Waals surface area (Å²) in [6.07, 6.45) is 6.41. The number of carbonyl (C=O) groups is 1. The lowest BCUT2D eigenvalue weighted by Crippen LogP contribution is -1.90. The molecule has 4 nitrogen and oxygen atoms in total. The molecule has 0 atom stereocenters. The molecule has 0 fully saturated rings. The van der Waals surface area contributed by atoms with Crippen molar-refractivity contribution in [1.29, 1.82) is 0 Å². The first-order chi connectivity index (χ1) is 11.6. The van der Waals surface area contributed by atoms with Crippen molar-refractivity contribution >= 4 is 17.9 Å². The van der Waals surface area contributed by atoms with Gasteiger partial charge in [-0.05, 0) is 59.2 Å². The molecule has 0 radical (unpaired) electrons. The summed E-state index contributed by atoms with van der Waals surface area (Å²) < 4.78 is 10.3. The van der Waals surface area contributed by atoms with Crippen molar-refractivity contribution < 1.29 is 19.4 Å². The molecule has 0 aromatic heterocycles. The molecule has 0 saturated heterocycles. The largest absolute Gasteiger partial charge is 0.497 e. The Morgan fingerprint density at radius 1 is 0.958 bits per heavy atom. The van der Waals surface area contributed by atoms with Gasteiger partial charge in [-0.3, -0.25) is 4.79 Å². The second kappa shape index (κ2) is 8.70. The number of carbonyl (C=O) groups excluding carboxylic acids is 1. The monoisotopic (exact) mass is 324 g/mol. The van der Waals surface area contributed by atoms with Crippen LogP contribution in [0.2, 0.25) is 0 Å². The van der Waals surface area contributed by atoms with E-state index in [4.69, 9.17) is 9.47 Å². The summed E-state index contributed by atoms with van der Waals surface area (Å²) in [6, 6.07) is 12.8. The number of hydrogen-bond donors (Lipinski definition) is 1. The van der Waals surface area contributed by atoms with Crippen LogP contribution in [0.25, 0.3) is 12.2 Å². The maximum atomic E-state index is 12.0. The fraction of sp³-hybridized carbons (Fsp3) is 0.150. The second-order valence-electron chi connectivity index (χ2n) is 5.12. The molecular formula is C20H20O4. The minimum Gasteiger partial charge on any atom is -0.497 e. The first-order valence-corrected chi connectivity index (χ1v) is 7.47. The van der Waals surface area contributed by atoms with E-state index in [1.54, 1.807) is 44.6 Å². The zero-order chi connectivity index (χ0) is 17.4. The summed E-state index contributed by atoms with van der Waals surface area (Å²) in [5, 5.41) is 9.24. The van der Waals surface area contributed by atoms with E-state index in [0.717, 1.165) is 22.4 Å². The zero-order valence-electron chi connectivity index (χ0n) is 13.7.